The average molecular weight is 390 g/mol. The first-order valence-electron chi connectivity index (χ1n) is 9.81. The van der Waals surface area contributed by atoms with E-state index in [0.29, 0.717) is 32.2 Å². The second-order valence-corrected chi connectivity index (χ2v) is 8.63. The molecule has 0 radical (unpaired) electrons. The van der Waals surface area contributed by atoms with Crippen LogP contribution in [0.4, 0.5) is 4.79 Å². The van der Waals surface area contributed by atoms with E-state index in [1.807, 2.05) is 34.5 Å². The second kappa shape index (κ2) is 7.50. The van der Waals surface area contributed by atoms with E-state index in [0.717, 1.165) is 33.6 Å². The van der Waals surface area contributed by atoms with Crippen LogP contribution in [-0.2, 0) is 7.05 Å². The van der Waals surface area contributed by atoms with Gasteiger partial charge >= 0.3 is 6.03 Å². The largest absolute Gasteiger partial charge is 0.335 e. The fourth-order valence-electron chi connectivity index (χ4n) is 4.09. The zero-order valence-electron chi connectivity index (χ0n) is 16.0. The van der Waals surface area contributed by atoms with Crippen LogP contribution >= 0.6 is 11.3 Å². The summed E-state index contributed by atoms with van der Waals surface area (Å²) in [4.78, 5) is 30.8. The molecule has 0 spiro atoms. The van der Waals surface area contributed by atoms with Gasteiger partial charge in [-0.2, -0.15) is 5.10 Å². The molecule has 3 heterocycles. The molecule has 0 unspecified atom stereocenters. The Bertz CT molecular complexity index is 809. The van der Waals surface area contributed by atoms with Crippen molar-refractivity contribution in [3.8, 4) is 0 Å². The number of carbonyl (C=O) groups excluding carboxylic acids is 2. The highest BCUT2D eigenvalue weighted by molar-refractivity contribution is 7.20. The van der Waals surface area contributed by atoms with Gasteiger partial charge < -0.3 is 15.1 Å². The third-order valence-corrected chi connectivity index (χ3v) is 6.88. The standard InChI is InChI=1S/C19H27N5O2S/c1-13-15-12-16(27-18(15)22(2)21-13)17(25)23-8-10-24(11-9-23)19(26)20-14-6-4-3-5-7-14/h12,14H,3-11H2,1-2H3,(H,20,26). The molecule has 0 aromatic carbocycles. The van der Waals surface area contributed by atoms with Gasteiger partial charge in [0.25, 0.3) is 5.91 Å². The van der Waals surface area contributed by atoms with Crippen molar-refractivity contribution in [2.45, 2.75) is 45.1 Å². The van der Waals surface area contributed by atoms with Crippen LogP contribution in [-0.4, -0.2) is 63.7 Å². The van der Waals surface area contributed by atoms with Crippen molar-refractivity contribution in [2.75, 3.05) is 26.2 Å². The average Bonchev–Trinajstić information content (AvgIpc) is 3.24. The lowest BCUT2D eigenvalue weighted by Gasteiger charge is -2.35. The number of rotatable bonds is 2. The minimum Gasteiger partial charge on any atom is -0.335 e. The molecule has 1 saturated carbocycles. The first-order chi connectivity index (χ1) is 13.0. The van der Waals surface area contributed by atoms with Gasteiger partial charge in [-0.25, -0.2) is 4.79 Å². The zero-order chi connectivity index (χ0) is 19.0. The van der Waals surface area contributed by atoms with Gasteiger partial charge in [0.2, 0.25) is 0 Å². The van der Waals surface area contributed by atoms with Crippen molar-refractivity contribution in [1.29, 1.82) is 0 Å². The minimum atomic E-state index is 0.0255. The summed E-state index contributed by atoms with van der Waals surface area (Å²) in [6.45, 7) is 4.32. The van der Waals surface area contributed by atoms with Crippen molar-refractivity contribution < 1.29 is 9.59 Å². The maximum absolute atomic E-state index is 12.9. The maximum atomic E-state index is 12.9. The molecule has 1 N–H and O–H groups in total. The third-order valence-electron chi connectivity index (χ3n) is 5.69. The number of nitrogens with one attached hydrogen (secondary N) is 1. The Morgan fingerprint density at radius 1 is 1.11 bits per heavy atom. The molecule has 0 atom stereocenters. The summed E-state index contributed by atoms with van der Waals surface area (Å²) in [5, 5.41) is 8.61. The first kappa shape index (κ1) is 18.3. The Morgan fingerprint density at radius 3 is 2.44 bits per heavy atom. The summed E-state index contributed by atoms with van der Waals surface area (Å²) < 4.78 is 1.83. The number of urea groups is 1. The molecule has 27 heavy (non-hydrogen) atoms. The van der Waals surface area contributed by atoms with Crippen LogP contribution in [0.1, 0.15) is 47.5 Å². The monoisotopic (exact) mass is 389 g/mol. The van der Waals surface area contributed by atoms with E-state index in [2.05, 4.69) is 10.4 Å². The van der Waals surface area contributed by atoms with Gasteiger partial charge in [0.15, 0.2) is 0 Å². The summed E-state index contributed by atoms with van der Waals surface area (Å²) >= 11 is 1.49. The number of thiophene rings is 1. The van der Waals surface area contributed by atoms with Gasteiger partial charge in [-0.05, 0) is 25.8 Å². The van der Waals surface area contributed by atoms with Crippen molar-refractivity contribution in [1.82, 2.24) is 24.9 Å². The quantitative estimate of drug-likeness (QED) is 0.859. The number of aryl methyl sites for hydroxylation is 2. The number of aromatic nitrogens is 2. The van der Waals surface area contributed by atoms with E-state index in [1.165, 1.54) is 30.6 Å². The lowest BCUT2D eigenvalue weighted by molar-refractivity contribution is 0.0667. The molecule has 2 aliphatic rings. The Hall–Kier alpha value is -2.09. The smallest absolute Gasteiger partial charge is 0.317 e. The SMILES string of the molecule is Cc1nn(C)c2sc(C(=O)N3CCN(C(=O)NC4CCCCC4)CC3)cc12. The molecule has 1 aliphatic heterocycles. The molecule has 4 rings (SSSR count). The number of nitrogens with zero attached hydrogens (tertiary/aromatic N) is 4. The van der Waals surface area contributed by atoms with Crippen LogP contribution in [0, 0.1) is 6.92 Å². The molecule has 2 fully saturated rings. The van der Waals surface area contributed by atoms with Crippen molar-refractivity contribution in [2.24, 2.45) is 7.05 Å². The van der Waals surface area contributed by atoms with Gasteiger partial charge in [-0.15, -0.1) is 11.3 Å². The third kappa shape index (κ3) is 3.67. The predicted molar refractivity (Wildman–Crippen MR) is 106 cm³/mol. The first-order valence-corrected chi connectivity index (χ1v) is 10.6. The fourth-order valence-corrected chi connectivity index (χ4v) is 5.18. The predicted octanol–water partition coefficient (Wildman–Crippen LogP) is 2.74. The summed E-state index contributed by atoms with van der Waals surface area (Å²) in [5.74, 6) is 0.0583. The van der Waals surface area contributed by atoms with Crippen LogP contribution in [0.15, 0.2) is 6.07 Å². The maximum Gasteiger partial charge on any atom is 0.317 e. The summed E-state index contributed by atoms with van der Waals surface area (Å²) in [5.41, 5.74) is 0.951. The van der Waals surface area contributed by atoms with Crippen LogP contribution in [0.5, 0.6) is 0 Å². The highest BCUT2D eigenvalue weighted by Crippen LogP contribution is 2.28. The van der Waals surface area contributed by atoms with E-state index in [9.17, 15) is 9.59 Å². The zero-order valence-corrected chi connectivity index (χ0v) is 16.8. The number of fused-ring (bicyclic) bond motifs is 1. The van der Waals surface area contributed by atoms with E-state index in [-0.39, 0.29) is 11.9 Å². The molecule has 3 amide bonds. The Morgan fingerprint density at radius 2 is 1.78 bits per heavy atom. The van der Waals surface area contributed by atoms with Crippen molar-refractivity contribution in [3.63, 3.8) is 0 Å². The summed E-state index contributed by atoms with van der Waals surface area (Å²) in [6.07, 6.45) is 5.87. The minimum absolute atomic E-state index is 0.0255. The number of hydrogen-bond acceptors (Lipinski definition) is 4. The molecular formula is C19H27N5O2S. The molecule has 146 valence electrons. The summed E-state index contributed by atoms with van der Waals surface area (Å²) in [6, 6.07) is 2.30. The topological polar surface area (TPSA) is 70.5 Å². The lowest BCUT2D eigenvalue weighted by Crippen LogP contribution is -2.54. The molecule has 2 aromatic heterocycles. The van der Waals surface area contributed by atoms with Crippen LogP contribution in [0.25, 0.3) is 10.2 Å². The number of hydrogen-bond donors (Lipinski definition) is 1. The normalized spacial score (nSPS) is 18.9. The lowest BCUT2D eigenvalue weighted by atomic mass is 9.96. The van der Waals surface area contributed by atoms with Gasteiger partial charge in [-0.1, -0.05) is 19.3 Å². The Labute approximate surface area is 163 Å². The van der Waals surface area contributed by atoms with E-state index in [1.54, 1.807) is 0 Å². The second-order valence-electron chi connectivity index (χ2n) is 7.60. The molecule has 1 saturated heterocycles. The highest BCUT2D eigenvalue weighted by Gasteiger charge is 2.27. The van der Waals surface area contributed by atoms with E-state index >= 15 is 0 Å². The van der Waals surface area contributed by atoms with Crippen LogP contribution in [0.2, 0.25) is 0 Å². The molecular weight excluding hydrogens is 362 g/mol. The van der Waals surface area contributed by atoms with E-state index in [4.69, 9.17) is 0 Å². The fraction of sp³-hybridized carbons (Fsp3) is 0.632. The Balaban J connectivity index is 1.34. The van der Waals surface area contributed by atoms with Crippen molar-refractivity contribution in [3.05, 3.63) is 16.6 Å². The van der Waals surface area contributed by atoms with Gasteiger partial charge in [0.1, 0.15) is 4.83 Å². The van der Waals surface area contributed by atoms with Gasteiger partial charge in [0, 0.05) is 44.7 Å². The van der Waals surface area contributed by atoms with Crippen LogP contribution < -0.4 is 5.32 Å². The molecule has 7 nitrogen and oxygen atoms in total. The van der Waals surface area contributed by atoms with Gasteiger partial charge in [-0.3, -0.25) is 9.48 Å². The highest BCUT2D eigenvalue weighted by atomic mass is 32.1. The Kier molecular flexibility index (Phi) is 5.08. The molecule has 8 heteroatoms. The number of amides is 3. The molecule has 0 bridgehead atoms. The van der Waals surface area contributed by atoms with Gasteiger partial charge in [0.05, 0.1) is 10.6 Å². The molecule has 1 aliphatic carbocycles. The van der Waals surface area contributed by atoms with Crippen molar-refractivity contribution >= 4 is 33.5 Å². The molecule has 2 aromatic rings. The number of carbonyl (C=O) groups is 2. The number of piperazine rings is 1. The van der Waals surface area contributed by atoms with Crippen LogP contribution in [0.3, 0.4) is 0 Å². The van der Waals surface area contributed by atoms with E-state index < -0.39 is 0 Å². The summed E-state index contributed by atoms with van der Waals surface area (Å²) in [7, 11) is 1.91.